The van der Waals surface area contributed by atoms with E-state index in [0.717, 1.165) is 23.7 Å². The van der Waals surface area contributed by atoms with Gasteiger partial charge in [-0.25, -0.2) is 0 Å². The molecule has 3 rings (SSSR count). The lowest BCUT2D eigenvalue weighted by atomic mass is 10.1. The lowest BCUT2D eigenvalue weighted by Crippen LogP contribution is -2.39. The third-order valence-electron chi connectivity index (χ3n) is 4.36. The highest BCUT2D eigenvalue weighted by molar-refractivity contribution is 7.10. The molecular formula is C18H24N2O2S. The minimum atomic E-state index is 0.0822. The highest BCUT2D eigenvalue weighted by Crippen LogP contribution is 2.24. The Bertz CT molecular complexity index is 572. The molecule has 1 N–H and O–H groups in total. The fourth-order valence-corrected chi connectivity index (χ4v) is 3.85. The van der Waals surface area contributed by atoms with Gasteiger partial charge in [0.1, 0.15) is 5.76 Å². The number of rotatable bonds is 6. The van der Waals surface area contributed by atoms with E-state index in [-0.39, 0.29) is 11.9 Å². The van der Waals surface area contributed by atoms with Crippen LogP contribution in [0.3, 0.4) is 0 Å². The molecule has 0 aromatic carbocycles. The van der Waals surface area contributed by atoms with E-state index in [0.29, 0.717) is 13.0 Å². The number of nitrogens with zero attached hydrogens (tertiary/aromatic N) is 1. The third-order valence-corrected chi connectivity index (χ3v) is 5.24. The van der Waals surface area contributed by atoms with Crippen molar-refractivity contribution in [3.8, 4) is 0 Å². The zero-order valence-electron chi connectivity index (χ0n) is 13.4. The van der Waals surface area contributed by atoms with Crippen LogP contribution in [0.2, 0.25) is 0 Å². The number of thiophene rings is 1. The van der Waals surface area contributed by atoms with Crippen molar-refractivity contribution in [2.24, 2.45) is 0 Å². The Morgan fingerprint density at radius 3 is 2.70 bits per heavy atom. The molecule has 1 atom stereocenters. The minimum absolute atomic E-state index is 0.0822. The van der Waals surface area contributed by atoms with Crippen molar-refractivity contribution in [2.45, 2.75) is 38.1 Å². The van der Waals surface area contributed by atoms with Gasteiger partial charge in [-0.1, -0.05) is 18.9 Å². The summed E-state index contributed by atoms with van der Waals surface area (Å²) >= 11 is 1.62. The van der Waals surface area contributed by atoms with Gasteiger partial charge in [0.15, 0.2) is 0 Å². The topological polar surface area (TPSA) is 45.5 Å². The summed E-state index contributed by atoms with van der Waals surface area (Å²) in [5, 5.41) is 5.10. The second-order valence-corrected chi connectivity index (χ2v) is 7.07. The number of carbonyl (C=O) groups is 1. The van der Waals surface area contributed by atoms with Gasteiger partial charge in [-0.3, -0.25) is 9.69 Å². The molecule has 1 aliphatic heterocycles. The maximum atomic E-state index is 12.2. The van der Waals surface area contributed by atoms with Crippen LogP contribution >= 0.6 is 11.3 Å². The van der Waals surface area contributed by atoms with Gasteiger partial charge in [0.05, 0.1) is 18.7 Å². The van der Waals surface area contributed by atoms with E-state index in [1.165, 1.54) is 25.7 Å². The number of carbonyl (C=O) groups excluding carboxylic acids is 1. The van der Waals surface area contributed by atoms with Gasteiger partial charge in [0, 0.05) is 11.4 Å². The molecule has 0 aliphatic carbocycles. The van der Waals surface area contributed by atoms with Gasteiger partial charge in [-0.2, -0.15) is 0 Å². The summed E-state index contributed by atoms with van der Waals surface area (Å²) in [6, 6.07) is 8.06. The zero-order valence-corrected chi connectivity index (χ0v) is 14.2. The Hall–Kier alpha value is -1.59. The zero-order chi connectivity index (χ0) is 15.9. The molecule has 1 saturated heterocycles. The van der Waals surface area contributed by atoms with E-state index in [2.05, 4.69) is 10.2 Å². The van der Waals surface area contributed by atoms with Crippen LogP contribution in [0.1, 0.15) is 42.4 Å². The first-order valence-electron chi connectivity index (χ1n) is 8.39. The molecule has 1 aliphatic rings. The maximum Gasteiger partial charge on any atom is 0.225 e. The van der Waals surface area contributed by atoms with Crippen LogP contribution in [0.5, 0.6) is 0 Å². The molecule has 4 nitrogen and oxygen atoms in total. The SMILES string of the molecule is O=C(Cc1cccs1)NCC(c1ccco1)N1CCCCCC1. The Balaban J connectivity index is 1.60. The first kappa shape index (κ1) is 16.3. The first-order chi connectivity index (χ1) is 11.3. The fourth-order valence-electron chi connectivity index (χ4n) is 3.14. The summed E-state index contributed by atoms with van der Waals surface area (Å²) in [5.41, 5.74) is 0. The lowest BCUT2D eigenvalue weighted by molar-refractivity contribution is -0.120. The van der Waals surface area contributed by atoms with Crippen molar-refractivity contribution in [3.05, 3.63) is 46.5 Å². The first-order valence-corrected chi connectivity index (χ1v) is 9.27. The lowest BCUT2D eigenvalue weighted by Gasteiger charge is -2.29. The van der Waals surface area contributed by atoms with Crippen molar-refractivity contribution >= 4 is 17.2 Å². The van der Waals surface area contributed by atoms with Gasteiger partial charge >= 0.3 is 0 Å². The van der Waals surface area contributed by atoms with Crippen LogP contribution < -0.4 is 5.32 Å². The van der Waals surface area contributed by atoms with Crippen molar-refractivity contribution in [1.29, 1.82) is 0 Å². The molecule has 2 aromatic rings. The summed E-state index contributed by atoms with van der Waals surface area (Å²) in [6.07, 6.45) is 7.22. The summed E-state index contributed by atoms with van der Waals surface area (Å²) in [5.74, 6) is 1.03. The summed E-state index contributed by atoms with van der Waals surface area (Å²) in [7, 11) is 0. The average Bonchev–Trinajstić information content (AvgIpc) is 3.18. The maximum absolute atomic E-state index is 12.2. The van der Waals surface area contributed by atoms with Crippen LogP contribution in [0.25, 0.3) is 0 Å². The number of hydrogen-bond acceptors (Lipinski definition) is 4. The van der Waals surface area contributed by atoms with Crippen LogP contribution in [0.4, 0.5) is 0 Å². The van der Waals surface area contributed by atoms with Gasteiger partial charge < -0.3 is 9.73 Å². The van der Waals surface area contributed by atoms with E-state index >= 15 is 0 Å². The van der Waals surface area contributed by atoms with Crippen molar-refractivity contribution in [1.82, 2.24) is 10.2 Å². The van der Waals surface area contributed by atoms with E-state index in [1.807, 2.05) is 29.6 Å². The number of furan rings is 1. The summed E-state index contributed by atoms with van der Waals surface area (Å²) < 4.78 is 5.64. The molecule has 1 fully saturated rings. The highest BCUT2D eigenvalue weighted by atomic mass is 32.1. The second kappa shape index (κ2) is 8.31. The molecule has 0 radical (unpaired) electrons. The standard InChI is InChI=1S/C18H24N2O2S/c21-18(13-15-7-6-12-23-15)19-14-16(17-8-5-11-22-17)20-9-3-1-2-4-10-20/h5-8,11-12,16H,1-4,9-10,13-14H2,(H,19,21). The average molecular weight is 332 g/mol. The van der Waals surface area contributed by atoms with E-state index in [9.17, 15) is 4.79 Å². The third kappa shape index (κ3) is 4.69. The van der Waals surface area contributed by atoms with Crippen LogP contribution in [-0.4, -0.2) is 30.4 Å². The molecule has 124 valence electrons. The number of amides is 1. The molecule has 1 amide bonds. The summed E-state index contributed by atoms with van der Waals surface area (Å²) in [6.45, 7) is 2.76. The molecule has 5 heteroatoms. The smallest absolute Gasteiger partial charge is 0.225 e. The normalized spacial score (nSPS) is 17.6. The number of likely N-dealkylation sites (tertiary alicyclic amines) is 1. The Labute approximate surface area is 141 Å². The number of nitrogens with one attached hydrogen (secondary N) is 1. The van der Waals surface area contributed by atoms with E-state index < -0.39 is 0 Å². The van der Waals surface area contributed by atoms with Crippen molar-refractivity contribution in [3.63, 3.8) is 0 Å². The Morgan fingerprint density at radius 2 is 2.04 bits per heavy atom. The van der Waals surface area contributed by atoms with E-state index in [1.54, 1.807) is 17.6 Å². The molecule has 0 spiro atoms. The molecular weight excluding hydrogens is 308 g/mol. The van der Waals surface area contributed by atoms with Crippen molar-refractivity contribution < 1.29 is 9.21 Å². The van der Waals surface area contributed by atoms with Crippen molar-refractivity contribution in [2.75, 3.05) is 19.6 Å². The number of hydrogen-bond donors (Lipinski definition) is 1. The van der Waals surface area contributed by atoms with Gasteiger partial charge in [0.25, 0.3) is 0 Å². The molecule has 23 heavy (non-hydrogen) atoms. The van der Waals surface area contributed by atoms with Crippen LogP contribution in [-0.2, 0) is 11.2 Å². The van der Waals surface area contributed by atoms with Gasteiger partial charge in [-0.05, 0) is 49.5 Å². The molecule has 3 heterocycles. The second-order valence-electron chi connectivity index (χ2n) is 6.04. The van der Waals surface area contributed by atoms with Gasteiger partial charge in [-0.15, -0.1) is 11.3 Å². The van der Waals surface area contributed by atoms with E-state index in [4.69, 9.17) is 4.42 Å². The van der Waals surface area contributed by atoms with Gasteiger partial charge in [0.2, 0.25) is 5.91 Å². The Morgan fingerprint density at radius 1 is 1.22 bits per heavy atom. The molecule has 0 saturated carbocycles. The molecule has 1 unspecified atom stereocenters. The van der Waals surface area contributed by atoms with Crippen LogP contribution in [0, 0.1) is 0 Å². The highest BCUT2D eigenvalue weighted by Gasteiger charge is 2.24. The quantitative estimate of drug-likeness (QED) is 0.879. The molecule has 2 aromatic heterocycles. The minimum Gasteiger partial charge on any atom is -0.468 e. The summed E-state index contributed by atoms with van der Waals surface area (Å²) in [4.78, 5) is 15.7. The predicted octanol–water partition coefficient (Wildman–Crippen LogP) is 3.62. The van der Waals surface area contributed by atoms with Crippen LogP contribution in [0.15, 0.2) is 40.3 Å². The fraction of sp³-hybridized carbons (Fsp3) is 0.500. The predicted molar refractivity (Wildman–Crippen MR) is 92.5 cm³/mol. The largest absolute Gasteiger partial charge is 0.468 e. The molecule has 0 bridgehead atoms. The Kier molecular flexibility index (Phi) is 5.88. The monoisotopic (exact) mass is 332 g/mol.